The number of ether oxygens (including phenoxy) is 1. The summed E-state index contributed by atoms with van der Waals surface area (Å²) in [4.78, 5) is 0. The molecule has 3 rings (SSSR count). The van der Waals surface area contributed by atoms with Crippen LogP contribution in [0, 0.1) is 6.92 Å². The maximum atomic E-state index is 5.68. The summed E-state index contributed by atoms with van der Waals surface area (Å²) in [5, 5.41) is 0. The summed E-state index contributed by atoms with van der Waals surface area (Å²) < 4.78 is 6.76. The predicted molar refractivity (Wildman–Crippen MR) is 105 cm³/mol. The minimum Gasteiger partial charge on any atom is -0.495 e. The molecule has 0 unspecified atom stereocenters. The van der Waals surface area contributed by atoms with Crippen molar-refractivity contribution in [1.82, 2.24) is 0 Å². The smallest absolute Gasteiger partial charge is 0.136 e. The van der Waals surface area contributed by atoms with Gasteiger partial charge in [-0.05, 0) is 93.4 Å². The Balaban J connectivity index is 2.09. The normalized spacial score (nSPS) is 14.4. The topological polar surface area (TPSA) is 9.23 Å². The lowest BCUT2D eigenvalue weighted by atomic mass is 9.80. The number of benzene rings is 2. The van der Waals surface area contributed by atoms with Gasteiger partial charge in [0, 0.05) is 0 Å². The Hall–Kier alpha value is -1.28. The fourth-order valence-corrected chi connectivity index (χ4v) is 4.57. The Kier molecular flexibility index (Phi) is 4.79. The highest BCUT2D eigenvalue weighted by molar-refractivity contribution is 9.10. The van der Waals surface area contributed by atoms with Gasteiger partial charge >= 0.3 is 0 Å². The van der Waals surface area contributed by atoms with Crippen LogP contribution in [0.25, 0.3) is 0 Å². The van der Waals surface area contributed by atoms with Gasteiger partial charge in [0.25, 0.3) is 0 Å². The van der Waals surface area contributed by atoms with Crippen molar-refractivity contribution in [2.24, 2.45) is 0 Å². The van der Waals surface area contributed by atoms with Crippen LogP contribution in [0.4, 0.5) is 0 Å². The van der Waals surface area contributed by atoms with Crippen LogP contribution >= 0.6 is 15.9 Å². The Bertz CT molecular complexity index is 769. The third kappa shape index (κ3) is 3.26. The molecular formula is C22H27BrO. The van der Waals surface area contributed by atoms with Gasteiger partial charge in [-0.25, -0.2) is 0 Å². The number of fused-ring (bicyclic) bond motifs is 4. The third-order valence-corrected chi connectivity index (χ3v) is 5.82. The largest absolute Gasteiger partial charge is 0.495 e. The van der Waals surface area contributed by atoms with Crippen molar-refractivity contribution in [2.45, 2.75) is 58.8 Å². The number of hydrogen-bond acceptors (Lipinski definition) is 1. The number of rotatable bonds is 1. The summed E-state index contributed by atoms with van der Waals surface area (Å²) in [6, 6.07) is 9.34. The van der Waals surface area contributed by atoms with Crippen molar-refractivity contribution in [1.29, 1.82) is 0 Å². The highest BCUT2D eigenvalue weighted by Crippen LogP contribution is 2.37. The van der Waals surface area contributed by atoms with E-state index < -0.39 is 0 Å². The molecule has 0 heterocycles. The molecule has 0 fully saturated rings. The molecule has 2 aromatic carbocycles. The summed E-state index contributed by atoms with van der Waals surface area (Å²) in [5.74, 6) is 1.00. The molecule has 2 heteroatoms. The predicted octanol–water partition coefficient (Wildman–Crippen LogP) is 5.95. The number of aryl methyl sites for hydroxylation is 3. The van der Waals surface area contributed by atoms with Crippen molar-refractivity contribution in [3.8, 4) is 5.75 Å². The molecule has 0 N–H and O–H groups in total. The molecule has 0 aliphatic heterocycles. The second-order valence-corrected chi connectivity index (χ2v) is 8.75. The van der Waals surface area contributed by atoms with E-state index in [1.807, 2.05) is 0 Å². The van der Waals surface area contributed by atoms with Crippen molar-refractivity contribution in [2.75, 3.05) is 7.11 Å². The summed E-state index contributed by atoms with van der Waals surface area (Å²) in [7, 11) is 1.77. The third-order valence-electron chi connectivity index (χ3n) is 5.24. The van der Waals surface area contributed by atoms with E-state index in [2.05, 4.69) is 67.9 Å². The zero-order valence-corrected chi connectivity index (χ0v) is 17.0. The maximum Gasteiger partial charge on any atom is 0.136 e. The van der Waals surface area contributed by atoms with Gasteiger partial charge in [-0.2, -0.15) is 0 Å². The van der Waals surface area contributed by atoms with Gasteiger partial charge in [-0.1, -0.05) is 39.0 Å². The van der Waals surface area contributed by atoms with E-state index in [0.29, 0.717) is 0 Å². The van der Waals surface area contributed by atoms with Crippen LogP contribution in [0.15, 0.2) is 28.7 Å². The van der Waals surface area contributed by atoms with Crippen molar-refractivity contribution in [3.63, 3.8) is 0 Å². The van der Waals surface area contributed by atoms with Crippen LogP contribution in [0.1, 0.15) is 54.2 Å². The van der Waals surface area contributed by atoms with Gasteiger partial charge < -0.3 is 4.74 Å². The fraction of sp³-hybridized carbons (Fsp3) is 0.455. The molecule has 0 radical (unpaired) electrons. The van der Waals surface area contributed by atoms with E-state index in [1.54, 1.807) is 7.11 Å². The van der Waals surface area contributed by atoms with Gasteiger partial charge in [0.2, 0.25) is 0 Å². The summed E-state index contributed by atoms with van der Waals surface area (Å²) in [6.07, 6.45) is 4.26. The lowest BCUT2D eigenvalue weighted by Crippen LogP contribution is -2.16. The first-order valence-corrected chi connectivity index (χ1v) is 9.57. The molecule has 0 saturated carbocycles. The minimum absolute atomic E-state index is 0.193. The lowest BCUT2D eigenvalue weighted by molar-refractivity contribution is 0.406. The first-order chi connectivity index (χ1) is 11.3. The van der Waals surface area contributed by atoms with E-state index in [0.717, 1.165) is 35.9 Å². The molecule has 0 aromatic heterocycles. The molecule has 2 aromatic rings. The molecule has 0 amide bonds. The fourth-order valence-electron chi connectivity index (χ4n) is 3.90. The van der Waals surface area contributed by atoms with Gasteiger partial charge in [-0.15, -0.1) is 0 Å². The number of methoxy groups -OCH3 is 1. The van der Waals surface area contributed by atoms with Crippen LogP contribution < -0.4 is 4.74 Å². The van der Waals surface area contributed by atoms with Gasteiger partial charge in [0.05, 0.1) is 11.6 Å². The molecule has 4 bridgehead atoms. The highest BCUT2D eigenvalue weighted by Gasteiger charge is 2.21. The zero-order valence-electron chi connectivity index (χ0n) is 15.4. The first-order valence-electron chi connectivity index (χ1n) is 8.78. The van der Waals surface area contributed by atoms with E-state index in [-0.39, 0.29) is 5.41 Å². The summed E-state index contributed by atoms with van der Waals surface area (Å²) in [5.41, 5.74) is 8.81. The summed E-state index contributed by atoms with van der Waals surface area (Å²) >= 11 is 3.71. The Morgan fingerprint density at radius 3 is 2.33 bits per heavy atom. The van der Waals surface area contributed by atoms with E-state index in [4.69, 9.17) is 4.74 Å². The molecule has 1 aliphatic carbocycles. The van der Waals surface area contributed by atoms with Crippen molar-refractivity contribution < 1.29 is 4.74 Å². The second kappa shape index (κ2) is 6.55. The number of hydrogen-bond donors (Lipinski definition) is 0. The van der Waals surface area contributed by atoms with Gasteiger partial charge in [0.15, 0.2) is 0 Å². The molecular weight excluding hydrogens is 360 g/mol. The molecule has 0 atom stereocenters. The lowest BCUT2D eigenvalue weighted by Gasteiger charge is -2.25. The molecule has 0 spiro atoms. The standard InChI is InChI=1S/C22H27BrO/c1-14-16-8-9-17-12-15(7-11-19(17)22(2,3)4)6-10-18(14)21(24-5)20(23)13-16/h7,11-13H,6,8-10H2,1-5H3. The SMILES string of the molecule is COc1c(Br)cc2c(C)c1CCc1ccc(C(C)(C)C)c(c1)CC2. The first kappa shape index (κ1) is 17.5. The van der Waals surface area contributed by atoms with Crippen LogP contribution in [0.2, 0.25) is 0 Å². The minimum atomic E-state index is 0.193. The van der Waals surface area contributed by atoms with Crippen molar-refractivity contribution >= 4 is 15.9 Å². The molecule has 1 nitrogen and oxygen atoms in total. The molecule has 1 aliphatic rings. The number of halogens is 1. The molecule has 128 valence electrons. The maximum absolute atomic E-state index is 5.68. The molecule has 0 saturated heterocycles. The average Bonchev–Trinajstić information content (AvgIpc) is 2.52. The van der Waals surface area contributed by atoms with Crippen molar-refractivity contribution in [3.05, 3.63) is 62.1 Å². The Morgan fingerprint density at radius 1 is 0.958 bits per heavy atom. The average molecular weight is 387 g/mol. The monoisotopic (exact) mass is 386 g/mol. The van der Waals surface area contributed by atoms with Gasteiger partial charge in [0.1, 0.15) is 5.75 Å². The second-order valence-electron chi connectivity index (χ2n) is 7.90. The highest BCUT2D eigenvalue weighted by atomic mass is 79.9. The Morgan fingerprint density at radius 2 is 1.67 bits per heavy atom. The quantitative estimate of drug-likeness (QED) is 0.588. The molecule has 24 heavy (non-hydrogen) atoms. The van der Waals surface area contributed by atoms with Gasteiger partial charge in [-0.3, -0.25) is 0 Å². The van der Waals surface area contributed by atoms with E-state index >= 15 is 0 Å². The van der Waals surface area contributed by atoms with Crippen LogP contribution in [0.5, 0.6) is 5.75 Å². The summed E-state index contributed by atoms with van der Waals surface area (Å²) in [6.45, 7) is 9.18. The van der Waals surface area contributed by atoms with Crippen LogP contribution in [0.3, 0.4) is 0 Å². The van der Waals surface area contributed by atoms with Crippen LogP contribution in [-0.2, 0) is 31.1 Å². The van der Waals surface area contributed by atoms with E-state index in [9.17, 15) is 0 Å². The zero-order chi connectivity index (χ0) is 17.5. The van der Waals surface area contributed by atoms with Crippen LogP contribution in [-0.4, -0.2) is 7.11 Å². The van der Waals surface area contributed by atoms with E-state index in [1.165, 1.54) is 33.4 Å². The Labute approximate surface area is 154 Å².